The van der Waals surface area contributed by atoms with Crippen molar-refractivity contribution in [2.45, 2.75) is 32.2 Å². The molecule has 2 unspecified atom stereocenters. The summed E-state index contributed by atoms with van der Waals surface area (Å²) in [6, 6.07) is 10.4. The highest BCUT2D eigenvalue weighted by Crippen LogP contribution is 2.19. The van der Waals surface area contributed by atoms with Crippen molar-refractivity contribution in [1.29, 1.82) is 0 Å². The lowest BCUT2D eigenvalue weighted by Gasteiger charge is -2.26. The van der Waals surface area contributed by atoms with E-state index in [9.17, 15) is 0 Å². The molecule has 0 aliphatic carbocycles. The molecule has 0 aliphatic heterocycles. The number of aliphatic hydroxyl groups is 1. The molecule has 2 atom stereocenters. The molecule has 1 aromatic carbocycles. The van der Waals surface area contributed by atoms with Crippen LogP contribution in [0, 0.1) is 5.92 Å². The summed E-state index contributed by atoms with van der Waals surface area (Å²) >= 11 is 0. The quantitative estimate of drug-likeness (QED) is 0.673. The van der Waals surface area contributed by atoms with E-state index in [4.69, 9.17) is 10.8 Å². The van der Waals surface area contributed by atoms with E-state index >= 15 is 0 Å². The Hall–Kier alpha value is -0.900. The first-order chi connectivity index (χ1) is 9.15. The number of hydrogen-bond donors (Lipinski definition) is 2. The van der Waals surface area contributed by atoms with Crippen LogP contribution < -0.4 is 5.73 Å². The lowest BCUT2D eigenvalue weighted by Crippen LogP contribution is -2.31. The molecule has 0 radical (unpaired) electrons. The molecule has 0 saturated carbocycles. The zero-order valence-corrected chi connectivity index (χ0v) is 12.3. The third-order valence-corrected chi connectivity index (χ3v) is 3.60. The molecule has 0 saturated heterocycles. The number of unbranched alkanes of at least 4 members (excludes halogenated alkanes) is 2. The van der Waals surface area contributed by atoms with E-state index in [0.29, 0.717) is 12.5 Å². The predicted octanol–water partition coefficient (Wildman–Crippen LogP) is 2.42. The molecule has 3 heteroatoms. The van der Waals surface area contributed by atoms with Crippen molar-refractivity contribution >= 4 is 0 Å². The van der Waals surface area contributed by atoms with Crippen LogP contribution >= 0.6 is 0 Å². The molecule has 108 valence electrons. The van der Waals surface area contributed by atoms with E-state index < -0.39 is 0 Å². The highest BCUT2D eigenvalue weighted by molar-refractivity contribution is 5.19. The second kappa shape index (κ2) is 9.08. The van der Waals surface area contributed by atoms with E-state index in [2.05, 4.69) is 31.0 Å². The average Bonchev–Trinajstić information content (AvgIpc) is 2.43. The van der Waals surface area contributed by atoms with E-state index in [0.717, 1.165) is 32.4 Å². The van der Waals surface area contributed by atoms with Crippen LogP contribution in [0.3, 0.4) is 0 Å². The molecule has 0 aliphatic rings. The Bertz CT molecular complexity index is 329. The first-order valence-corrected chi connectivity index (χ1v) is 7.25. The van der Waals surface area contributed by atoms with Crippen molar-refractivity contribution in [2.24, 2.45) is 11.7 Å². The maximum atomic E-state index is 8.75. The van der Waals surface area contributed by atoms with E-state index in [1.54, 1.807) is 0 Å². The van der Waals surface area contributed by atoms with Crippen LogP contribution in [0.15, 0.2) is 30.3 Å². The highest BCUT2D eigenvalue weighted by Gasteiger charge is 2.16. The smallest absolute Gasteiger partial charge is 0.0431 e. The summed E-state index contributed by atoms with van der Waals surface area (Å²) in [5.41, 5.74) is 7.52. The minimum absolute atomic E-state index is 0.0982. The van der Waals surface area contributed by atoms with Crippen molar-refractivity contribution in [3.63, 3.8) is 0 Å². The number of nitrogens with zero attached hydrogens (tertiary/aromatic N) is 1. The van der Waals surface area contributed by atoms with Crippen molar-refractivity contribution < 1.29 is 5.11 Å². The SMILES string of the molecule is CC(CN(C)CCCCCO)C(N)c1ccccc1. The van der Waals surface area contributed by atoms with Gasteiger partial charge < -0.3 is 15.7 Å². The van der Waals surface area contributed by atoms with Gasteiger partial charge in [-0.2, -0.15) is 0 Å². The number of nitrogens with two attached hydrogens (primary N) is 1. The summed E-state index contributed by atoms with van der Waals surface area (Å²) in [5.74, 6) is 0.435. The van der Waals surface area contributed by atoms with Gasteiger partial charge in [-0.25, -0.2) is 0 Å². The summed E-state index contributed by atoms with van der Waals surface area (Å²) in [6.07, 6.45) is 3.15. The fourth-order valence-corrected chi connectivity index (χ4v) is 2.37. The average molecular weight is 264 g/mol. The Morgan fingerprint density at radius 1 is 1.16 bits per heavy atom. The Morgan fingerprint density at radius 2 is 1.84 bits per heavy atom. The van der Waals surface area contributed by atoms with Crippen molar-refractivity contribution in [3.8, 4) is 0 Å². The monoisotopic (exact) mass is 264 g/mol. The summed E-state index contributed by atoms with van der Waals surface area (Å²) in [4.78, 5) is 2.34. The minimum atomic E-state index is 0.0982. The Kier molecular flexibility index (Phi) is 7.72. The molecule has 3 N–H and O–H groups in total. The van der Waals surface area contributed by atoms with Gasteiger partial charge in [0.1, 0.15) is 0 Å². The molecular formula is C16H28N2O. The maximum Gasteiger partial charge on any atom is 0.0431 e. The summed E-state index contributed by atoms with van der Waals surface area (Å²) < 4.78 is 0. The number of benzene rings is 1. The molecule has 0 spiro atoms. The molecule has 1 rings (SSSR count). The van der Waals surface area contributed by atoms with Crippen LogP contribution in [0.5, 0.6) is 0 Å². The van der Waals surface area contributed by atoms with Crippen LogP contribution in [0.2, 0.25) is 0 Å². The van der Waals surface area contributed by atoms with Crippen LogP contribution in [0.1, 0.15) is 37.8 Å². The lowest BCUT2D eigenvalue weighted by atomic mass is 9.95. The molecule has 0 bridgehead atoms. The van der Waals surface area contributed by atoms with E-state index in [-0.39, 0.29) is 6.04 Å². The number of aliphatic hydroxyl groups excluding tert-OH is 1. The third kappa shape index (κ3) is 6.19. The summed E-state index contributed by atoms with van der Waals surface area (Å²) in [5, 5.41) is 8.75. The molecule has 0 aromatic heterocycles. The molecule has 1 aromatic rings. The Morgan fingerprint density at radius 3 is 2.47 bits per heavy atom. The van der Waals surface area contributed by atoms with Crippen LogP contribution in [-0.2, 0) is 0 Å². The molecule has 0 heterocycles. The van der Waals surface area contributed by atoms with Gasteiger partial charge in [-0.1, -0.05) is 37.3 Å². The Balaban J connectivity index is 2.31. The summed E-state index contributed by atoms with van der Waals surface area (Å²) in [7, 11) is 2.15. The first kappa shape index (κ1) is 16.2. The van der Waals surface area contributed by atoms with Gasteiger partial charge in [-0.05, 0) is 44.3 Å². The van der Waals surface area contributed by atoms with Crippen LogP contribution in [0.4, 0.5) is 0 Å². The van der Waals surface area contributed by atoms with Crippen molar-refractivity contribution in [3.05, 3.63) is 35.9 Å². The van der Waals surface area contributed by atoms with Gasteiger partial charge >= 0.3 is 0 Å². The fraction of sp³-hybridized carbons (Fsp3) is 0.625. The second-order valence-electron chi connectivity index (χ2n) is 5.46. The molecule has 0 fully saturated rings. The zero-order chi connectivity index (χ0) is 14.1. The molecule has 0 amide bonds. The summed E-state index contributed by atoms with van der Waals surface area (Å²) in [6.45, 7) is 4.60. The fourth-order valence-electron chi connectivity index (χ4n) is 2.37. The van der Waals surface area contributed by atoms with Gasteiger partial charge in [0.05, 0.1) is 0 Å². The second-order valence-corrected chi connectivity index (χ2v) is 5.46. The van der Waals surface area contributed by atoms with Gasteiger partial charge in [0, 0.05) is 19.2 Å². The van der Waals surface area contributed by atoms with Crippen molar-refractivity contribution in [1.82, 2.24) is 4.90 Å². The maximum absolute atomic E-state index is 8.75. The van der Waals surface area contributed by atoms with Crippen LogP contribution in [0.25, 0.3) is 0 Å². The van der Waals surface area contributed by atoms with Crippen molar-refractivity contribution in [2.75, 3.05) is 26.7 Å². The third-order valence-electron chi connectivity index (χ3n) is 3.60. The first-order valence-electron chi connectivity index (χ1n) is 7.25. The molecule has 19 heavy (non-hydrogen) atoms. The zero-order valence-electron chi connectivity index (χ0n) is 12.3. The van der Waals surface area contributed by atoms with Gasteiger partial charge in [0.2, 0.25) is 0 Å². The normalized spacial score (nSPS) is 14.6. The van der Waals surface area contributed by atoms with Crippen LogP contribution in [-0.4, -0.2) is 36.8 Å². The standard InChI is InChI=1S/C16H28N2O/c1-14(13-18(2)11-7-4-8-12-19)16(17)15-9-5-3-6-10-15/h3,5-6,9-10,14,16,19H,4,7-8,11-13,17H2,1-2H3. The highest BCUT2D eigenvalue weighted by atomic mass is 16.2. The van der Waals surface area contributed by atoms with Gasteiger partial charge in [0.25, 0.3) is 0 Å². The van der Waals surface area contributed by atoms with E-state index in [1.807, 2.05) is 18.2 Å². The lowest BCUT2D eigenvalue weighted by molar-refractivity contribution is 0.249. The van der Waals surface area contributed by atoms with E-state index in [1.165, 1.54) is 5.56 Å². The number of hydrogen-bond acceptors (Lipinski definition) is 3. The minimum Gasteiger partial charge on any atom is -0.396 e. The molecule has 3 nitrogen and oxygen atoms in total. The van der Waals surface area contributed by atoms with Gasteiger partial charge in [-0.15, -0.1) is 0 Å². The van der Waals surface area contributed by atoms with Gasteiger partial charge in [0.15, 0.2) is 0 Å². The number of rotatable bonds is 9. The molecular weight excluding hydrogens is 236 g/mol. The van der Waals surface area contributed by atoms with Gasteiger partial charge in [-0.3, -0.25) is 0 Å². The largest absolute Gasteiger partial charge is 0.396 e. The Labute approximate surface area is 117 Å². The predicted molar refractivity (Wildman–Crippen MR) is 81.0 cm³/mol. The topological polar surface area (TPSA) is 49.5 Å².